The first-order valence-electron chi connectivity index (χ1n) is 9.53. The molecule has 0 N–H and O–H groups in total. The van der Waals surface area contributed by atoms with Crippen LogP contribution < -0.4 is 4.74 Å². The second-order valence-electron chi connectivity index (χ2n) is 7.23. The van der Waals surface area contributed by atoms with Crippen molar-refractivity contribution in [3.8, 4) is 5.75 Å². The molecular weight excluding hydrogens is 340 g/mol. The number of aryl methyl sites for hydroxylation is 1. The van der Waals surface area contributed by atoms with Crippen molar-refractivity contribution in [2.24, 2.45) is 0 Å². The zero-order valence-electron chi connectivity index (χ0n) is 15.6. The summed E-state index contributed by atoms with van der Waals surface area (Å²) in [4.78, 5) is 29.4. The molecular formula is C22H24N2O3. The molecule has 1 saturated heterocycles. The molecule has 0 aromatic heterocycles. The minimum atomic E-state index is 0.0366. The Morgan fingerprint density at radius 2 is 1.59 bits per heavy atom. The van der Waals surface area contributed by atoms with Gasteiger partial charge in [-0.25, -0.2) is 0 Å². The fraction of sp³-hybridized carbons (Fsp3) is 0.364. The van der Waals surface area contributed by atoms with Gasteiger partial charge in [0.25, 0.3) is 11.8 Å². The van der Waals surface area contributed by atoms with E-state index in [1.807, 2.05) is 59.2 Å². The molecule has 0 spiro atoms. The Kier molecular flexibility index (Phi) is 4.84. The van der Waals surface area contributed by atoms with Crippen LogP contribution in [0.3, 0.4) is 0 Å². The van der Waals surface area contributed by atoms with E-state index in [0.29, 0.717) is 43.9 Å². The molecule has 1 fully saturated rings. The van der Waals surface area contributed by atoms with Crippen molar-refractivity contribution in [1.82, 2.24) is 9.80 Å². The monoisotopic (exact) mass is 364 g/mol. The second-order valence-corrected chi connectivity index (χ2v) is 7.23. The molecule has 2 aromatic rings. The predicted molar refractivity (Wildman–Crippen MR) is 103 cm³/mol. The highest BCUT2D eigenvalue weighted by molar-refractivity contribution is 5.96. The van der Waals surface area contributed by atoms with Gasteiger partial charge < -0.3 is 14.5 Å². The van der Waals surface area contributed by atoms with E-state index >= 15 is 0 Å². The van der Waals surface area contributed by atoms with E-state index in [4.69, 9.17) is 4.74 Å². The predicted octanol–water partition coefficient (Wildman–Crippen LogP) is 2.92. The molecule has 2 aliphatic heterocycles. The first-order chi connectivity index (χ1) is 13.1. The maximum atomic E-state index is 12.9. The van der Waals surface area contributed by atoms with Crippen molar-refractivity contribution >= 4 is 11.8 Å². The Morgan fingerprint density at radius 1 is 0.889 bits per heavy atom. The molecule has 2 heterocycles. The Morgan fingerprint density at radius 3 is 2.30 bits per heavy atom. The van der Waals surface area contributed by atoms with Gasteiger partial charge in [-0.15, -0.1) is 0 Å². The maximum absolute atomic E-state index is 12.9. The standard InChI is InChI=1S/C22H24N2O3/c1-16-4-2-5-18(14-16)21(25)23-9-3-10-24(12-11-23)22(26)19-6-7-20-17(15-19)8-13-27-20/h2,4-7,14-15H,3,8-13H2,1H3. The van der Waals surface area contributed by atoms with Crippen molar-refractivity contribution < 1.29 is 14.3 Å². The van der Waals surface area contributed by atoms with Gasteiger partial charge in [-0.3, -0.25) is 9.59 Å². The lowest BCUT2D eigenvalue weighted by molar-refractivity contribution is 0.0718. The van der Waals surface area contributed by atoms with E-state index in [-0.39, 0.29) is 11.8 Å². The maximum Gasteiger partial charge on any atom is 0.253 e. The number of amides is 2. The fourth-order valence-electron chi connectivity index (χ4n) is 3.79. The Labute approximate surface area is 159 Å². The minimum absolute atomic E-state index is 0.0366. The number of nitrogens with zero attached hydrogens (tertiary/aromatic N) is 2. The van der Waals surface area contributed by atoms with Crippen LogP contribution in [0.2, 0.25) is 0 Å². The van der Waals surface area contributed by atoms with Crippen LogP contribution in [-0.4, -0.2) is 54.4 Å². The zero-order chi connectivity index (χ0) is 18.8. The molecule has 5 nitrogen and oxygen atoms in total. The highest BCUT2D eigenvalue weighted by Gasteiger charge is 2.24. The van der Waals surface area contributed by atoms with Crippen molar-refractivity contribution in [3.05, 3.63) is 64.7 Å². The Balaban J connectivity index is 1.44. The average molecular weight is 364 g/mol. The highest BCUT2D eigenvalue weighted by atomic mass is 16.5. The Bertz CT molecular complexity index is 878. The number of carbonyl (C=O) groups is 2. The van der Waals surface area contributed by atoms with Crippen LogP contribution in [0.25, 0.3) is 0 Å². The number of rotatable bonds is 2. The van der Waals surface area contributed by atoms with E-state index in [1.165, 1.54) is 0 Å². The van der Waals surface area contributed by atoms with E-state index in [9.17, 15) is 9.59 Å². The van der Waals surface area contributed by atoms with Crippen molar-refractivity contribution in [1.29, 1.82) is 0 Å². The van der Waals surface area contributed by atoms with Crippen LogP contribution in [0.15, 0.2) is 42.5 Å². The second kappa shape index (κ2) is 7.43. The smallest absolute Gasteiger partial charge is 0.253 e. The van der Waals surface area contributed by atoms with Crippen LogP contribution in [0.1, 0.15) is 38.3 Å². The molecule has 0 radical (unpaired) electrons. The molecule has 27 heavy (non-hydrogen) atoms. The molecule has 2 amide bonds. The van der Waals surface area contributed by atoms with Gasteiger partial charge in [-0.05, 0) is 49.2 Å². The van der Waals surface area contributed by atoms with Crippen molar-refractivity contribution in [2.45, 2.75) is 19.8 Å². The molecule has 0 atom stereocenters. The SMILES string of the molecule is Cc1cccc(C(=O)N2CCCN(C(=O)c3ccc4c(c3)CCO4)CC2)c1. The van der Waals surface area contributed by atoms with Crippen molar-refractivity contribution in [3.63, 3.8) is 0 Å². The number of hydrogen-bond acceptors (Lipinski definition) is 3. The zero-order valence-corrected chi connectivity index (χ0v) is 15.6. The third-order valence-electron chi connectivity index (χ3n) is 5.27. The van der Waals surface area contributed by atoms with Gasteiger partial charge in [0.1, 0.15) is 5.75 Å². The highest BCUT2D eigenvalue weighted by Crippen LogP contribution is 2.26. The molecule has 0 saturated carbocycles. The lowest BCUT2D eigenvalue weighted by atomic mass is 10.1. The number of fused-ring (bicyclic) bond motifs is 1. The summed E-state index contributed by atoms with van der Waals surface area (Å²) >= 11 is 0. The summed E-state index contributed by atoms with van der Waals surface area (Å²) < 4.78 is 5.52. The summed E-state index contributed by atoms with van der Waals surface area (Å²) in [5, 5.41) is 0. The summed E-state index contributed by atoms with van der Waals surface area (Å²) in [6.07, 6.45) is 1.65. The first-order valence-corrected chi connectivity index (χ1v) is 9.53. The molecule has 140 valence electrons. The van der Waals surface area contributed by atoms with Crippen LogP contribution in [-0.2, 0) is 6.42 Å². The largest absolute Gasteiger partial charge is 0.493 e. The molecule has 2 aromatic carbocycles. The van der Waals surface area contributed by atoms with Crippen LogP contribution in [0.4, 0.5) is 0 Å². The number of ether oxygens (including phenoxy) is 1. The van der Waals surface area contributed by atoms with E-state index in [1.54, 1.807) is 0 Å². The van der Waals surface area contributed by atoms with E-state index in [0.717, 1.165) is 29.7 Å². The third kappa shape index (κ3) is 3.68. The summed E-state index contributed by atoms with van der Waals surface area (Å²) in [7, 11) is 0. The average Bonchev–Trinajstić information content (AvgIpc) is 3.01. The first kappa shape index (κ1) is 17.6. The third-order valence-corrected chi connectivity index (χ3v) is 5.27. The molecule has 5 heteroatoms. The quantitative estimate of drug-likeness (QED) is 0.823. The van der Waals surface area contributed by atoms with Gasteiger partial charge in [0.15, 0.2) is 0 Å². The van der Waals surface area contributed by atoms with Crippen LogP contribution in [0.5, 0.6) is 5.75 Å². The van der Waals surface area contributed by atoms with Gasteiger partial charge in [-0.1, -0.05) is 17.7 Å². The van der Waals surface area contributed by atoms with Gasteiger partial charge in [0.05, 0.1) is 6.61 Å². The lowest BCUT2D eigenvalue weighted by Crippen LogP contribution is -2.37. The number of benzene rings is 2. The van der Waals surface area contributed by atoms with E-state index in [2.05, 4.69) is 0 Å². The molecule has 0 unspecified atom stereocenters. The lowest BCUT2D eigenvalue weighted by Gasteiger charge is -2.22. The van der Waals surface area contributed by atoms with Gasteiger partial charge in [0.2, 0.25) is 0 Å². The summed E-state index contributed by atoms with van der Waals surface area (Å²) in [6.45, 7) is 5.14. The summed E-state index contributed by atoms with van der Waals surface area (Å²) in [5.74, 6) is 0.967. The topological polar surface area (TPSA) is 49.9 Å². The number of carbonyl (C=O) groups excluding carboxylic acids is 2. The normalized spacial score (nSPS) is 16.5. The summed E-state index contributed by atoms with van der Waals surface area (Å²) in [5.41, 5.74) is 3.60. The van der Waals surface area contributed by atoms with Crippen LogP contribution in [0, 0.1) is 6.92 Å². The van der Waals surface area contributed by atoms with Gasteiger partial charge in [-0.2, -0.15) is 0 Å². The number of hydrogen-bond donors (Lipinski definition) is 0. The van der Waals surface area contributed by atoms with Crippen molar-refractivity contribution in [2.75, 3.05) is 32.8 Å². The fourth-order valence-corrected chi connectivity index (χ4v) is 3.79. The molecule has 0 aliphatic carbocycles. The van der Waals surface area contributed by atoms with Gasteiger partial charge >= 0.3 is 0 Å². The summed E-state index contributed by atoms with van der Waals surface area (Å²) in [6, 6.07) is 13.4. The molecule has 4 rings (SSSR count). The van der Waals surface area contributed by atoms with E-state index < -0.39 is 0 Å². The van der Waals surface area contributed by atoms with Gasteiger partial charge in [0, 0.05) is 43.7 Å². The molecule has 0 bridgehead atoms. The van der Waals surface area contributed by atoms with Crippen LogP contribution >= 0.6 is 0 Å². The molecule has 2 aliphatic rings. The minimum Gasteiger partial charge on any atom is -0.493 e. The Hall–Kier alpha value is -2.82.